The number of nitrogens with two attached hydrogens (primary N) is 1. The molecule has 0 amide bonds. The maximum absolute atomic E-state index is 5.88. The Balaban J connectivity index is 2.21. The molecule has 2 nitrogen and oxygen atoms in total. The van der Waals surface area contributed by atoms with E-state index in [1.165, 1.54) is 11.1 Å². The van der Waals surface area contributed by atoms with Crippen molar-refractivity contribution in [2.75, 3.05) is 0 Å². The van der Waals surface area contributed by atoms with Crippen molar-refractivity contribution < 1.29 is 4.74 Å². The van der Waals surface area contributed by atoms with Gasteiger partial charge in [0.2, 0.25) is 0 Å². The summed E-state index contributed by atoms with van der Waals surface area (Å²) < 4.78 is 5.88. The van der Waals surface area contributed by atoms with Gasteiger partial charge in [0.15, 0.2) is 0 Å². The zero-order chi connectivity index (χ0) is 13.1. The second-order valence-electron chi connectivity index (χ2n) is 4.66. The Kier molecular flexibility index (Phi) is 3.68. The molecule has 0 aliphatic heterocycles. The molecule has 2 heteroatoms. The van der Waals surface area contributed by atoms with Crippen LogP contribution in [0.1, 0.15) is 29.7 Å². The van der Waals surface area contributed by atoms with Crippen molar-refractivity contribution in [2.24, 2.45) is 5.73 Å². The van der Waals surface area contributed by atoms with Crippen LogP contribution in [0, 0.1) is 13.8 Å². The van der Waals surface area contributed by atoms with Crippen LogP contribution < -0.4 is 10.5 Å². The molecule has 0 aliphatic carbocycles. The molecule has 0 aliphatic rings. The zero-order valence-electron chi connectivity index (χ0n) is 11.1. The standard InChI is InChI=1S/C16H19NO/c1-11-5-4-6-16(12(11)2)18-15-9-7-14(8-10-15)13(3)17/h4-10,13H,17H2,1-3H3/t13-/m0/s1. The predicted octanol–water partition coefficient (Wildman–Crippen LogP) is 4.12. The lowest BCUT2D eigenvalue weighted by Gasteiger charge is -2.11. The van der Waals surface area contributed by atoms with E-state index in [1.807, 2.05) is 43.3 Å². The van der Waals surface area contributed by atoms with Crippen LogP contribution in [-0.2, 0) is 0 Å². The number of aryl methyl sites for hydroxylation is 1. The van der Waals surface area contributed by atoms with Crippen LogP contribution in [0.4, 0.5) is 0 Å². The topological polar surface area (TPSA) is 35.2 Å². The van der Waals surface area contributed by atoms with Crippen LogP contribution in [-0.4, -0.2) is 0 Å². The number of rotatable bonds is 3. The Morgan fingerprint density at radius 3 is 2.28 bits per heavy atom. The third-order valence-electron chi connectivity index (χ3n) is 3.19. The Labute approximate surface area is 108 Å². The van der Waals surface area contributed by atoms with Gasteiger partial charge in [-0.05, 0) is 55.7 Å². The van der Waals surface area contributed by atoms with Gasteiger partial charge >= 0.3 is 0 Å². The highest BCUT2D eigenvalue weighted by atomic mass is 16.5. The third-order valence-corrected chi connectivity index (χ3v) is 3.19. The average molecular weight is 241 g/mol. The van der Waals surface area contributed by atoms with Crippen molar-refractivity contribution in [3.8, 4) is 11.5 Å². The summed E-state index contributed by atoms with van der Waals surface area (Å²) in [5.41, 5.74) is 9.34. The van der Waals surface area contributed by atoms with Gasteiger partial charge < -0.3 is 10.5 Å². The lowest BCUT2D eigenvalue weighted by atomic mass is 10.1. The van der Waals surface area contributed by atoms with Crippen LogP contribution in [0.25, 0.3) is 0 Å². The first-order valence-corrected chi connectivity index (χ1v) is 6.17. The Bertz CT molecular complexity index is 529. The maximum Gasteiger partial charge on any atom is 0.130 e. The van der Waals surface area contributed by atoms with Gasteiger partial charge in [-0.15, -0.1) is 0 Å². The van der Waals surface area contributed by atoms with Crippen molar-refractivity contribution in [1.29, 1.82) is 0 Å². The van der Waals surface area contributed by atoms with Crippen LogP contribution in [0.15, 0.2) is 42.5 Å². The first-order valence-electron chi connectivity index (χ1n) is 6.17. The van der Waals surface area contributed by atoms with Gasteiger partial charge in [0.25, 0.3) is 0 Å². The molecule has 0 aromatic heterocycles. The lowest BCUT2D eigenvalue weighted by Crippen LogP contribution is -2.04. The minimum atomic E-state index is 0.0553. The first-order chi connectivity index (χ1) is 8.58. The summed E-state index contributed by atoms with van der Waals surface area (Å²) in [5, 5.41) is 0. The lowest BCUT2D eigenvalue weighted by molar-refractivity contribution is 0.478. The molecule has 0 heterocycles. The molecular formula is C16H19NO. The molecule has 94 valence electrons. The van der Waals surface area contributed by atoms with Crippen molar-refractivity contribution in [3.05, 3.63) is 59.2 Å². The summed E-state index contributed by atoms with van der Waals surface area (Å²) >= 11 is 0. The van der Waals surface area contributed by atoms with E-state index in [0.717, 1.165) is 17.1 Å². The normalized spacial score (nSPS) is 12.2. The van der Waals surface area contributed by atoms with E-state index in [0.29, 0.717) is 0 Å². The molecule has 0 radical (unpaired) electrons. The van der Waals surface area contributed by atoms with Crippen molar-refractivity contribution in [2.45, 2.75) is 26.8 Å². The SMILES string of the molecule is Cc1cccc(Oc2ccc([C@H](C)N)cc2)c1C. The molecule has 2 rings (SSSR count). The third kappa shape index (κ3) is 2.71. The van der Waals surface area contributed by atoms with Gasteiger partial charge in [0, 0.05) is 6.04 Å². The van der Waals surface area contributed by atoms with Crippen LogP contribution in [0.2, 0.25) is 0 Å². The molecule has 0 unspecified atom stereocenters. The maximum atomic E-state index is 5.88. The van der Waals surface area contributed by atoms with E-state index < -0.39 is 0 Å². The summed E-state index contributed by atoms with van der Waals surface area (Å²) in [5.74, 6) is 1.75. The number of ether oxygens (including phenoxy) is 1. The zero-order valence-corrected chi connectivity index (χ0v) is 11.1. The second-order valence-corrected chi connectivity index (χ2v) is 4.66. The smallest absolute Gasteiger partial charge is 0.130 e. The van der Waals surface area contributed by atoms with E-state index >= 15 is 0 Å². The predicted molar refractivity (Wildman–Crippen MR) is 75.0 cm³/mol. The fourth-order valence-corrected chi connectivity index (χ4v) is 1.80. The quantitative estimate of drug-likeness (QED) is 0.877. The first kappa shape index (κ1) is 12.7. The molecule has 2 aromatic carbocycles. The number of hydrogen-bond donors (Lipinski definition) is 1. The van der Waals surface area contributed by atoms with Gasteiger partial charge in [0.05, 0.1) is 0 Å². The van der Waals surface area contributed by atoms with E-state index in [4.69, 9.17) is 10.5 Å². The van der Waals surface area contributed by atoms with Crippen molar-refractivity contribution >= 4 is 0 Å². The van der Waals surface area contributed by atoms with Gasteiger partial charge in [-0.25, -0.2) is 0 Å². The van der Waals surface area contributed by atoms with E-state index in [-0.39, 0.29) is 6.04 Å². The number of benzene rings is 2. The van der Waals surface area contributed by atoms with Crippen molar-refractivity contribution in [3.63, 3.8) is 0 Å². The summed E-state index contributed by atoms with van der Waals surface area (Å²) in [6, 6.07) is 14.1. The fourth-order valence-electron chi connectivity index (χ4n) is 1.80. The highest BCUT2D eigenvalue weighted by Crippen LogP contribution is 2.27. The van der Waals surface area contributed by atoms with Crippen LogP contribution in [0.5, 0.6) is 11.5 Å². The van der Waals surface area contributed by atoms with Gasteiger partial charge in [-0.2, -0.15) is 0 Å². The summed E-state index contributed by atoms with van der Waals surface area (Å²) in [4.78, 5) is 0. The summed E-state index contributed by atoms with van der Waals surface area (Å²) in [6.07, 6.45) is 0. The minimum Gasteiger partial charge on any atom is -0.457 e. The summed E-state index contributed by atoms with van der Waals surface area (Å²) in [7, 11) is 0. The Morgan fingerprint density at radius 2 is 1.67 bits per heavy atom. The molecule has 18 heavy (non-hydrogen) atoms. The molecule has 2 N–H and O–H groups in total. The van der Waals surface area contributed by atoms with Gasteiger partial charge in [-0.1, -0.05) is 24.3 Å². The fraction of sp³-hybridized carbons (Fsp3) is 0.250. The highest BCUT2D eigenvalue weighted by molar-refractivity contribution is 5.41. The average Bonchev–Trinajstić information content (AvgIpc) is 2.36. The van der Waals surface area contributed by atoms with E-state index in [1.54, 1.807) is 0 Å². The molecule has 0 saturated carbocycles. The van der Waals surface area contributed by atoms with Crippen molar-refractivity contribution in [1.82, 2.24) is 0 Å². The largest absolute Gasteiger partial charge is 0.457 e. The van der Waals surface area contributed by atoms with Crippen LogP contribution in [0.3, 0.4) is 0 Å². The highest BCUT2D eigenvalue weighted by Gasteiger charge is 2.04. The minimum absolute atomic E-state index is 0.0553. The monoisotopic (exact) mass is 241 g/mol. The molecule has 0 fully saturated rings. The van der Waals surface area contributed by atoms with E-state index in [9.17, 15) is 0 Å². The molecule has 1 atom stereocenters. The molecular weight excluding hydrogens is 222 g/mol. The van der Waals surface area contributed by atoms with Gasteiger partial charge in [-0.3, -0.25) is 0 Å². The summed E-state index contributed by atoms with van der Waals surface area (Å²) in [6.45, 7) is 6.13. The molecule has 0 saturated heterocycles. The molecule has 0 bridgehead atoms. The number of hydrogen-bond acceptors (Lipinski definition) is 2. The van der Waals surface area contributed by atoms with Crippen LogP contribution >= 0.6 is 0 Å². The Morgan fingerprint density at radius 1 is 1.00 bits per heavy atom. The van der Waals surface area contributed by atoms with Gasteiger partial charge in [0.1, 0.15) is 11.5 Å². The molecule has 0 spiro atoms. The second kappa shape index (κ2) is 5.23. The van der Waals surface area contributed by atoms with E-state index in [2.05, 4.69) is 19.9 Å². The molecule has 2 aromatic rings. The Hall–Kier alpha value is -1.80.